The quantitative estimate of drug-likeness (QED) is 0.379. The van der Waals surface area contributed by atoms with Crippen molar-refractivity contribution in [2.45, 2.75) is 50.7 Å². The van der Waals surface area contributed by atoms with Crippen LogP contribution in [0.3, 0.4) is 0 Å². The minimum Gasteiger partial charge on any atom is -0.391 e. The van der Waals surface area contributed by atoms with E-state index in [-0.39, 0.29) is 11.9 Å². The van der Waals surface area contributed by atoms with E-state index >= 15 is 0 Å². The van der Waals surface area contributed by atoms with Gasteiger partial charge in [-0.2, -0.15) is 0 Å². The number of hydrogen-bond donors (Lipinski definition) is 2. The van der Waals surface area contributed by atoms with Gasteiger partial charge >= 0.3 is 0 Å². The highest BCUT2D eigenvalue weighted by atomic mass is 35.5. The lowest BCUT2D eigenvalue weighted by atomic mass is 9.92. The number of carbonyl (C=O) groups excluding carboxylic acids is 1. The van der Waals surface area contributed by atoms with Gasteiger partial charge in [0.1, 0.15) is 10.8 Å². The molecule has 0 aliphatic heterocycles. The first-order valence-electron chi connectivity index (χ1n) is 12.0. The minimum absolute atomic E-state index is 0.222. The van der Waals surface area contributed by atoms with E-state index in [9.17, 15) is 9.90 Å². The highest BCUT2D eigenvalue weighted by Gasteiger charge is 2.25. The molecule has 3 heterocycles. The highest BCUT2D eigenvalue weighted by molar-refractivity contribution is 6.29. The van der Waals surface area contributed by atoms with Gasteiger partial charge in [-0.25, -0.2) is 9.97 Å². The number of amides is 1. The molecule has 3 aromatic heterocycles. The summed E-state index contributed by atoms with van der Waals surface area (Å²) in [5, 5.41) is 14.7. The van der Waals surface area contributed by atoms with E-state index in [4.69, 9.17) is 11.6 Å². The Kier molecular flexibility index (Phi) is 7.02. The van der Waals surface area contributed by atoms with Crippen LogP contribution in [0.15, 0.2) is 67.0 Å². The second-order valence-electron chi connectivity index (χ2n) is 9.12. The predicted molar refractivity (Wildman–Crippen MR) is 137 cm³/mol. The molecule has 0 saturated heterocycles. The van der Waals surface area contributed by atoms with Crippen molar-refractivity contribution in [3.05, 3.63) is 100 Å². The number of nitrogens with zero attached hydrogens (tertiary/aromatic N) is 3. The summed E-state index contributed by atoms with van der Waals surface area (Å²) in [6, 6.07) is 17.3. The number of aromatic nitrogens is 3. The summed E-state index contributed by atoms with van der Waals surface area (Å²) >= 11 is 5.87. The molecule has 1 fully saturated rings. The van der Waals surface area contributed by atoms with Crippen LogP contribution < -0.4 is 5.32 Å². The van der Waals surface area contributed by atoms with Gasteiger partial charge in [-0.15, -0.1) is 0 Å². The average Bonchev–Trinajstić information content (AvgIpc) is 2.88. The molecule has 2 N–H and O–H groups in total. The van der Waals surface area contributed by atoms with Crippen LogP contribution in [0.25, 0.3) is 10.9 Å². The number of aliphatic hydroxyl groups excluding tert-OH is 1. The molecule has 4 aromatic rings. The third kappa shape index (κ3) is 5.66. The first-order valence-corrected chi connectivity index (χ1v) is 12.3. The maximum absolute atomic E-state index is 13.0. The van der Waals surface area contributed by atoms with Crippen molar-refractivity contribution in [3.8, 4) is 0 Å². The number of carbonyl (C=O) groups is 1. The van der Waals surface area contributed by atoms with Gasteiger partial charge in [-0.1, -0.05) is 54.8 Å². The normalized spacial score (nSPS) is 17.9. The molecule has 7 heteroatoms. The van der Waals surface area contributed by atoms with Crippen LogP contribution in [-0.4, -0.2) is 38.1 Å². The fourth-order valence-electron chi connectivity index (χ4n) is 4.64. The zero-order chi connectivity index (χ0) is 24.2. The highest BCUT2D eigenvalue weighted by Crippen LogP contribution is 2.23. The maximum atomic E-state index is 13.0. The van der Waals surface area contributed by atoms with Gasteiger partial charge in [0.15, 0.2) is 0 Å². The summed E-state index contributed by atoms with van der Waals surface area (Å²) in [5.74, 6) is -0.243. The van der Waals surface area contributed by atoms with E-state index in [0.29, 0.717) is 23.7 Å². The number of benzene rings is 1. The van der Waals surface area contributed by atoms with Crippen molar-refractivity contribution in [1.29, 1.82) is 0 Å². The SMILES string of the molecule is O=C(N[C@H]1CCCC[C@@H]1O)c1cc(Cc2ccc(Cc3ccc(Cl)nc3)nc2)c2ccccc2n1. The van der Waals surface area contributed by atoms with Crippen LogP contribution in [0.2, 0.25) is 5.15 Å². The molecule has 1 aliphatic carbocycles. The molecule has 1 saturated carbocycles. The lowest BCUT2D eigenvalue weighted by molar-refractivity contribution is 0.0714. The number of rotatable bonds is 6. The second kappa shape index (κ2) is 10.5. The summed E-state index contributed by atoms with van der Waals surface area (Å²) in [5.41, 5.74) is 5.21. The van der Waals surface area contributed by atoms with Crippen LogP contribution in [0.5, 0.6) is 0 Å². The number of hydrogen-bond acceptors (Lipinski definition) is 5. The standard InChI is InChI=1S/C28H27ClN4O2/c29-27-12-10-19(17-31-27)14-21-11-9-18(16-30-21)13-20-15-25(32-23-6-2-1-5-22(20)23)28(35)33-24-7-3-4-8-26(24)34/h1-2,5-6,9-12,15-17,24,26,34H,3-4,7-8,13-14H2,(H,33,35)/t24-,26-/m0/s1. The van der Waals surface area contributed by atoms with Gasteiger partial charge < -0.3 is 10.4 Å². The Morgan fingerprint density at radius 3 is 2.51 bits per heavy atom. The molecule has 0 bridgehead atoms. The molecule has 0 radical (unpaired) electrons. The van der Waals surface area contributed by atoms with Gasteiger partial charge in [0.05, 0.1) is 17.7 Å². The van der Waals surface area contributed by atoms with Gasteiger partial charge in [0.2, 0.25) is 0 Å². The van der Waals surface area contributed by atoms with Crippen molar-refractivity contribution in [1.82, 2.24) is 20.3 Å². The lowest BCUT2D eigenvalue weighted by Crippen LogP contribution is -2.45. The molecule has 178 valence electrons. The molecule has 5 rings (SSSR count). The number of halogens is 1. The Labute approximate surface area is 209 Å². The third-order valence-electron chi connectivity index (χ3n) is 6.53. The Balaban J connectivity index is 1.36. The van der Waals surface area contributed by atoms with Crippen LogP contribution in [-0.2, 0) is 12.8 Å². The van der Waals surface area contributed by atoms with Crippen molar-refractivity contribution >= 4 is 28.4 Å². The molecule has 35 heavy (non-hydrogen) atoms. The van der Waals surface area contributed by atoms with E-state index < -0.39 is 6.10 Å². The molecule has 6 nitrogen and oxygen atoms in total. The summed E-state index contributed by atoms with van der Waals surface area (Å²) in [6.07, 6.45) is 7.97. The zero-order valence-corrected chi connectivity index (χ0v) is 20.1. The van der Waals surface area contributed by atoms with E-state index in [0.717, 1.165) is 59.0 Å². The number of aliphatic hydroxyl groups is 1. The molecular weight excluding hydrogens is 460 g/mol. The first-order chi connectivity index (χ1) is 17.0. The number of para-hydroxylation sites is 1. The molecule has 1 aromatic carbocycles. The predicted octanol–water partition coefficient (Wildman–Crippen LogP) is 4.89. The van der Waals surface area contributed by atoms with Crippen molar-refractivity contribution in [2.24, 2.45) is 0 Å². The molecule has 0 spiro atoms. The van der Waals surface area contributed by atoms with E-state index in [2.05, 4.69) is 26.3 Å². The number of pyridine rings is 3. The molecule has 1 amide bonds. The van der Waals surface area contributed by atoms with Crippen LogP contribution in [0.1, 0.15) is 58.6 Å². The molecule has 1 aliphatic rings. The van der Waals surface area contributed by atoms with Gasteiger partial charge in [0, 0.05) is 29.9 Å². The first kappa shape index (κ1) is 23.4. The Morgan fingerprint density at radius 2 is 1.74 bits per heavy atom. The van der Waals surface area contributed by atoms with E-state index in [1.165, 1.54) is 0 Å². The fraction of sp³-hybridized carbons (Fsp3) is 0.286. The zero-order valence-electron chi connectivity index (χ0n) is 19.3. The van der Waals surface area contributed by atoms with Crippen molar-refractivity contribution < 1.29 is 9.90 Å². The second-order valence-corrected chi connectivity index (χ2v) is 9.50. The average molecular weight is 487 g/mol. The number of fused-ring (bicyclic) bond motifs is 1. The summed E-state index contributed by atoms with van der Waals surface area (Å²) in [6.45, 7) is 0. The monoisotopic (exact) mass is 486 g/mol. The smallest absolute Gasteiger partial charge is 0.270 e. The Hall–Kier alpha value is -3.35. The van der Waals surface area contributed by atoms with Crippen LogP contribution in [0, 0.1) is 0 Å². The van der Waals surface area contributed by atoms with Crippen molar-refractivity contribution in [3.63, 3.8) is 0 Å². The largest absolute Gasteiger partial charge is 0.391 e. The maximum Gasteiger partial charge on any atom is 0.270 e. The Bertz CT molecular complexity index is 1330. The number of nitrogens with one attached hydrogen (secondary N) is 1. The topological polar surface area (TPSA) is 88.0 Å². The van der Waals surface area contributed by atoms with Crippen molar-refractivity contribution in [2.75, 3.05) is 0 Å². The molecule has 0 unspecified atom stereocenters. The molecule has 2 atom stereocenters. The van der Waals surface area contributed by atoms with Gasteiger partial charge in [-0.3, -0.25) is 9.78 Å². The van der Waals surface area contributed by atoms with E-state index in [1.807, 2.05) is 48.7 Å². The van der Waals surface area contributed by atoms with Gasteiger partial charge in [0.25, 0.3) is 5.91 Å². The third-order valence-corrected chi connectivity index (χ3v) is 6.76. The van der Waals surface area contributed by atoms with Gasteiger partial charge in [-0.05, 0) is 60.2 Å². The summed E-state index contributed by atoms with van der Waals surface area (Å²) in [7, 11) is 0. The summed E-state index contributed by atoms with van der Waals surface area (Å²) in [4.78, 5) is 26.4. The summed E-state index contributed by atoms with van der Waals surface area (Å²) < 4.78 is 0. The fourth-order valence-corrected chi connectivity index (χ4v) is 4.75. The lowest BCUT2D eigenvalue weighted by Gasteiger charge is -2.28. The van der Waals surface area contributed by atoms with E-state index in [1.54, 1.807) is 12.3 Å². The molecular formula is C28H27ClN4O2. The Morgan fingerprint density at radius 1 is 0.971 bits per heavy atom. The van der Waals surface area contributed by atoms with Crippen LogP contribution in [0.4, 0.5) is 0 Å². The van der Waals surface area contributed by atoms with Crippen LogP contribution >= 0.6 is 11.6 Å². The minimum atomic E-state index is -0.499.